The lowest BCUT2D eigenvalue weighted by Gasteiger charge is -2.24. The number of anilines is 1. The summed E-state index contributed by atoms with van der Waals surface area (Å²) in [4.78, 5) is 28.9. The first-order valence-corrected chi connectivity index (χ1v) is 11.8. The third kappa shape index (κ3) is 3.47. The molecule has 0 N–H and O–H groups in total. The van der Waals surface area contributed by atoms with E-state index in [1.807, 2.05) is 38.1 Å². The lowest BCUT2D eigenvalue weighted by molar-refractivity contribution is 0.0970. The van der Waals surface area contributed by atoms with E-state index in [0.29, 0.717) is 21.7 Å². The largest absolute Gasteiger partial charge is 0.450 e. The number of hydrogen-bond acceptors (Lipinski definition) is 6. The summed E-state index contributed by atoms with van der Waals surface area (Å²) >= 11 is 1.32. The van der Waals surface area contributed by atoms with Crippen molar-refractivity contribution in [3.63, 3.8) is 0 Å². The van der Waals surface area contributed by atoms with Crippen LogP contribution in [-0.2, 0) is 11.8 Å². The highest BCUT2D eigenvalue weighted by molar-refractivity contribution is 7.15. The molecule has 2 aromatic carbocycles. The van der Waals surface area contributed by atoms with Crippen molar-refractivity contribution in [2.75, 3.05) is 4.90 Å². The van der Waals surface area contributed by atoms with Gasteiger partial charge in [0.05, 0.1) is 17.0 Å². The first-order valence-electron chi connectivity index (χ1n) is 11.0. The van der Waals surface area contributed by atoms with E-state index in [-0.39, 0.29) is 22.5 Å². The molecule has 168 valence electrons. The minimum atomic E-state index is -0.625. The van der Waals surface area contributed by atoms with Crippen LogP contribution in [0.4, 0.5) is 5.13 Å². The van der Waals surface area contributed by atoms with Gasteiger partial charge in [0.15, 0.2) is 5.43 Å². The average molecular weight is 460 g/mol. The fraction of sp³-hybridized carbons (Fsp3) is 0.308. The van der Waals surface area contributed by atoms with Gasteiger partial charge in [0.25, 0.3) is 5.91 Å². The van der Waals surface area contributed by atoms with Gasteiger partial charge in [-0.3, -0.25) is 14.5 Å². The molecule has 7 heteroatoms. The number of nitrogens with zero attached hydrogens (tertiary/aromatic N) is 3. The number of hydrogen-bond donors (Lipinski definition) is 0. The number of benzene rings is 2. The van der Waals surface area contributed by atoms with Crippen LogP contribution in [0.25, 0.3) is 11.0 Å². The number of carbonyl (C=O) groups is 1. The van der Waals surface area contributed by atoms with E-state index in [9.17, 15) is 9.59 Å². The Morgan fingerprint density at radius 1 is 1.06 bits per heavy atom. The lowest BCUT2D eigenvalue weighted by atomic mass is 9.86. The Kier molecular flexibility index (Phi) is 4.97. The minimum Gasteiger partial charge on any atom is -0.450 e. The summed E-state index contributed by atoms with van der Waals surface area (Å²) < 4.78 is 6.05. The molecule has 0 aliphatic carbocycles. The second kappa shape index (κ2) is 7.63. The first-order chi connectivity index (χ1) is 15.7. The van der Waals surface area contributed by atoms with Crippen LogP contribution in [0.15, 0.2) is 51.7 Å². The predicted octanol–water partition coefficient (Wildman–Crippen LogP) is 5.56. The molecule has 0 saturated carbocycles. The molecule has 4 aromatic rings. The maximum absolute atomic E-state index is 13.8. The number of carbonyl (C=O) groups excluding carboxylic acids is 1. The molecule has 2 aromatic heterocycles. The zero-order valence-electron chi connectivity index (χ0n) is 19.3. The van der Waals surface area contributed by atoms with E-state index in [0.717, 1.165) is 22.6 Å². The highest BCUT2D eigenvalue weighted by atomic mass is 32.1. The van der Waals surface area contributed by atoms with Crippen LogP contribution < -0.4 is 10.3 Å². The second-order valence-electron chi connectivity index (χ2n) is 9.41. The Balaban J connectivity index is 1.76. The van der Waals surface area contributed by atoms with Crippen LogP contribution >= 0.6 is 11.3 Å². The van der Waals surface area contributed by atoms with Crippen molar-refractivity contribution in [1.29, 1.82) is 0 Å². The molecule has 0 spiro atoms. The molecule has 1 amide bonds. The van der Waals surface area contributed by atoms with Crippen LogP contribution in [0.3, 0.4) is 0 Å². The highest BCUT2D eigenvalue weighted by Gasteiger charge is 2.45. The molecule has 0 radical (unpaired) electrons. The van der Waals surface area contributed by atoms with Crippen LogP contribution in [-0.4, -0.2) is 16.1 Å². The van der Waals surface area contributed by atoms with Gasteiger partial charge in [-0.15, -0.1) is 10.2 Å². The lowest BCUT2D eigenvalue weighted by Crippen LogP contribution is -2.29. The van der Waals surface area contributed by atoms with E-state index in [1.165, 1.54) is 16.9 Å². The van der Waals surface area contributed by atoms with Crippen molar-refractivity contribution in [2.45, 2.75) is 52.5 Å². The van der Waals surface area contributed by atoms with Crippen LogP contribution in [0.2, 0.25) is 0 Å². The van der Waals surface area contributed by atoms with Gasteiger partial charge in [-0.05, 0) is 47.6 Å². The van der Waals surface area contributed by atoms with Gasteiger partial charge in [0.2, 0.25) is 10.9 Å². The molecule has 1 aliphatic rings. The summed E-state index contributed by atoms with van der Waals surface area (Å²) in [6, 6.07) is 13.0. The van der Waals surface area contributed by atoms with Crippen molar-refractivity contribution in [3.05, 3.63) is 85.7 Å². The smallest absolute Gasteiger partial charge is 0.297 e. The topological polar surface area (TPSA) is 76.3 Å². The zero-order chi connectivity index (χ0) is 23.5. The Morgan fingerprint density at radius 3 is 2.39 bits per heavy atom. The molecular weight excluding hydrogens is 434 g/mol. The van der Waals surface area contributed by atoms with Gasteiger partial charge < -0.3 is 4.42 Å². The normalized spacial score (nSPS) is 16.0. The first kappa shape index (κ1) is 21.5. The van der Waals surface area contributed by atoms with Crippen molar-refractivity contribution >= 4 is 33.3 Å². The average Bonchev–Trinajstić information content (AvgIpc) is 3.34. The van der Waals surface area contributed by atoms with Gasteiger partial charge >= 0.3 is 0 Å². The molecule has 1 unspecified atom stereocenters. The molecular formula is C26H25N3O3S. The zero-order valence-corrected chi connectivity index (χ0v) is 20.1. The maximum Gasteiger partial charge on any atom is 0.297 e. The number of fused-ring (bicyclic) bond motifs is 2. The Bertz CT molecular complexity index is 1440. The quantitative estimate of drug-likeness (QED) is 0.401. The third-order valence-electron chi connectivity index (χ3n) is 6.16. The Labute approximate surface area is 195 Å². The molecule has 5 rings (SSSR count). The summed E-state index contributed by atoms with van der Waals surface area (Å²) in [7, 11) is 0. The van der Waals surface area contributed by atoms with Crippen molar-refractivity contribution in [2.24, 2.45) is 0 Å². The van der Waals surface area contributed by atoms with E-state index in [2.05, 4.69) is 43.1 Å². The number of rotatable bonds is 3. The summed E-state index contributed by atoms with van der Waals surface area (Å²) in [6.07, 6.45) is 0.805. The fourth-order valence-corrected chi connectivity index (χ4v) is 5.02. The van der Waals surface area contributed by atoms with E-state index >= 15 is 0 Å². The van der Waals surface area contributed by atoms with Gasteiger partial charge in [-0.2, -0.15) is 0 Å². The number of amides is 1. The second-order valence-corrected chi connectivity index (χ2v) is 10.6. The fourth-order valence-electron chi connectivity index (χ4n) is 4.30. The Morgan fingerprint density at radius 2 is 1.79 bits per heavy atom. The molecule has 33 heavy (non-hydrogen) atoms. The minimum absolute atomic E-state index is 0.0102. The standard InChI is InChI=1S/C26H25N3O3S/c1-6-15-7-12-19-18(13-15)22(30)20-21(16-8-10-17(11-9-16)26(3,4)5)29(24(31)23(20)32-19)25-28-27-14(2)33-25/h7-13,21H,6H2,1-5H3. The van der Waals surface area contributed by atoms with Crippen molar-refractivity contribution in [3.8, 4) is 0 Å². The number of aromatic nitrogens is 2. The molecule has 0 saturated heterocycles. The van der Waals surface area contributed by atoms with Crippen LogP contribution in [0, 0.1) is 6.92 Å². The summed E-state index contributed by atoms with van der Waals surface area (Å²) in [5.41, 5.74) is 3.64. The Hall–Kier alpha value is -3.32. The number of aryl methyl sites for hydroxylation is 2. The summed E-state index contributed by atoms with van der Waals surface area (Å²) in [5.74, 6) is -0.292. The van der Waals surface area contributed by atoms with Crippen LogP contribution in [0.1, 0.15) is 71.6 Å². The van der Waals surface area contributed by atoms with E-state index in [1.54, 1.807) is 11.0 Å². The SMILES string of the molecule is CCc1ccc2oc3c(c(=O)c2c1)C(c1ccc(C(C)(C)C)cc1)N(c1nnc(C)s1)C3=O. The van der Waals surface area contributed by atoms with Crippen molar-refractivity contribution in [1.82, 2.24) is 10.2 Å². The molecule has 3 heterocycles. The monoisotopic (exact) mass is 459 g/mol. The molecule has 0 bridgehead atoms. The highest BCUT2D eigenvalue weighted by Crippen LogP contribution is 2.42. The summed E-state index contributed by atoms with van der Waals surface area (Å²) in [5, 5.41) is 10.0. The predicted molar refractivity (Wildman–Crippen MR) is 130 cm³/mol. The van der Waals surface area contributed by atoms with E-state index in [4.69, 9.17) is 4.42 Å². The molecule has 1 aliphatic heterocycles. The van der Waals surface area contributed by atoms with Gasteiger partial charge in [0.1, 0.15) is 10.6 Å². The van der Waals surface area contributed by atoms with Gasteiger partial charge in [-0.1, -0.05) is 69.4 Å². The van der Waals surface area contributed by atoms with Gasteiger partial charge in [0, 0.05) is 0 Å². The van der Waals surface area contributed by atoms with Crippen LogP contribution in [0.5, 0.6) is 0 Å². The molecule has 1 atom stereocenters. The maximum atomic E-state index is 13.8. The molecule has 0 fully saturated rings. The van der Waals surface area contributed by atoms with E-state index < -0.39 is 6.04 Å². The van der Waals surface area contributed by atoms with Gasteiger partial charge in [-0.25, -0.2) is 0 Å². The third-order valence-corrected chi connectivity index (χ3v) is 6.99. The molecule has 6 nitrogen and oxygen atoms in total. The summed E-state index contributed by atoms with van der Waals surface area (Å²) in [6.45, 7) is 10.3. The van der Waals surface area contributed by atoms with Crippen molar-refractivity contribution < 1.29 is 9.21 Å².